The minimum absolute atomic E-state index is 0.0231. The van der Waals surface area contributed by atoms with E-state index in [1.807, 2.05) is 6.92 Å². The second kappa shape index (κ2) is 5.97. The van der Waals surface area contributed by atoms with Crippen molar-refractivity contribution in [2.24, 2.45) is 5.92 Å². The van der Waals surface area contributed by atoms with E-state index in [-0.39, 0.29) is 10.8 Å². The highest BCUT2D eigenvalue weighted by Gasteiger charge is 2.27. The number of rotatable bonds is 5. The van der Waals surface area contributed by atoms with Crippen LogP contribution in [0.1, 0.15) is 41.3 Å². The lowest BCUT2D eigenvalue weighted by Gasteiger charge is -2.21. The molecule has 0 unspecified atom stereocenters. The Bertz CT molecular complexity index is 666. The Morgan fingerprint density at radius 2 is 1.95 bits per heavy atom. The number of hydrogen-bond acceptors (Lipinski definition) is 3. The van der Waals surface area contributed by atoms with E-state index in [9.17, 15) is 13.2 Å². The summed E-state index contributed by atoms with van der Waals surface area (Å²) in [4.78, 5) is 14.4. The molecule has 2 rings (SSSR count). The van der Waals surface area contributed by atoms with E-state index in [2.05, 4.69) is 0 Å². The smallest absolute Gasteiger partial charge is 0.261 e. The molecule has 6 heteroatoms. The van der Waals surface area contributed by atoms with Crippen LogP contribution >= 0.6 is 10.7 Å². The molecule has 1 aliphatic carbocycles. The molecule has 0 atom stereocenters. The van der Waals surface area contributed by atoms with Crippen LogP contribution in [0.25, 0.3) is 0 Å². The van der Waals surface area contributed by atoms with Gasteiger partial charge in [0.1, 0.15) is 0 Å². The van der Waals surface area contributed by atoms with E-state index in [4.69, 9.17) is 10.7 Å². The van der Waals surface area contributed by atoms with Gasteiger partial charge in [-0.1, -0.05) is 0 Å². The molecular formula is C15H20ClNO3S. The van der Waals surface area contributed by atoms with E-state index in [1.165, 1.54) is 6.07 Å². The average Bonchev–Trinajstić information content (AvgIpc) is 3.20. The molecule has 0 N–H and O–H groups in total. The van der Waals surface area contributed by atoms with Gasteiger partial charge in [0.25, 0.3) is 15.0 Å². The number of hydrogen-bond donors (Lipinski definition) is 0. The third kappa shape index (κ3) is 3.77. The van der Waals surface area contributed by atoms with Crippen molar-refractivity contribution in [1.82, 2.24) is 4.90 Å². The zero-order valence-corrected chi connectivity index (χ0v) is 14.1. The normalized spacial score (nSPS) is 15.0. The first-order valence-electron chi connectivity index (χ1n) is 7.09. The fourth-order valence-corrected chi connectivity index (χ4v) is 3.63. The van der Waals surface area contributed by atoms with Gasteiger partial charge in [0.2, 0.25) is 0 Å². The zero-order valence-electron chi connectivity index (χ0n) is 12.5. The van der Waals surface area contributed by atoms with Crippen molar-refractivity contribution in [1.29, 1.82) is 0 Å². The Hall–Kier alpha value is -1.07. The van der Waals surface area contributed by atoms with E-state index < -0.39 is 9.05 Å². The van der Waals surface area contributed by atoms with Crippen molar-refractivity contribution in [3.63, 3.8) is 0 Å². The summed E-state index contributed by atoms with van der Waals surface area (Å²) in [6.45, 7) is 6.77. The van der Waals surface area contributed by atoms with Crippen LogP contribution in [0.4, 0.5) is 0 Å². The maximum atomic E-state index is 12.6. The van der Waals surface area contributed by atoms with Gasteiger partial charge in [-0.2, -0.15) is 0 Å². The molecule has 0 spiro atoms. The molecule has 1 aromatic carbocycles. The van der Waals surface area contributed by atoms with E-state index in [0.29, 0.717) is 23.6 Å². The number of carbonyl (C=O) groups excluding carboxylic acids is 1. The van der Waals surface area contributed by atoms with Crippen LogP contribution in [-0.2, 0) is 9.05 Å². The van der Waals surface area contributed by atoms with Crippen LogP contribution in [0.5, 0.6) is 0 Å². The van der Waals surface area contributed by atoms with Crippen molar-refractivity contribution in [3.8, 4) is 0 Å². The fraction of sp³-hybridized carbons (Fsp3) is 0.533. The molecule has 0 bridgehead atoms. The summed E-state index contributed by atoms with van der Waals surface area (Å²) < 4.78 is 23.3. The predicted molar refractivity (Wildman–Crippen MR) is 83.3 cm³/mol. The van der Waals surface area contributed by atoms with Crippen LogP contribution in [0.15, 0.2) is 17.0 Å². The van der Waals surface area contributed by atoms with E-state index >= 15 is 0 Å². The highest BCUT2D eigenvalue weighted by atomic mass is 35.7. The molecule has 1 saturated carbocycles. The molecule has 0 aliphatic heterocycles. The van der Waals surface area contributed by atoms with Crippen molar-refractivity contribution >= 4 is 25.6 Å². The monoisotopic (exact) mass is 329 g/mol. The van der Waals surface area contributed by atoms with E-state index in [0.717, 1.165) is 24.9 Å². The summed E-state index contributed by atoms with van der Waals surface area (Å²) in [6.07, 6.45) is 2.33. The minimum Gasteiger partial charge on any atom is -0.339 e. The van der Waals surface area contributed by atoms with Gasteiger partial charge in [-0.3, -0.25) is 4.79 Å². The quantitative estimate of drug-likeness (QED) is 0.780. The Balaban J connectivity index is 2.38. The van der Waals surface area contributed by atoms with Gasteiger partial charge in [-0.15, -0.1) is 0 Å². The highest BCUT2D eigenvalue weighted by molar-refractivity contribution is 8.13. The van der Waals surface area contributed by atoms with Gasteiger partial charge < -0.3 is 4.90 Å². The number of carbonyl (C=O) groups is 1. The summed E-state index contributed by atoms with van der Waals surface area (Å²) in [5.41, 5.74) is 1.73. The molecule has 0 radical (unpaired) electrons. The first-order chi connectivity index (χ1) is 9.74. The zero-order chi connectivity index (χ0) is 15.8. The topological polar surface area (TPSA) is 54.5 Å². The number of amides is 1. The number of nitrogens with zero attached hydrogens (tertiary/aromatic N) is 1. The lowest BCUT2D eigenvalue weighted by atomic mass is 10.1. The summed E-state index contributed by atoms with van der Waals surface area (Å²) in [5, 5.41) is 0. The van der Waals surface area contributed by atoms with Gasteiger partial charge in [-0.25, -0.2) is 8.42 Å². The molecule has 116 valence electrons. The summed E-state index contributed by atoms with van der Waals surface area (Å²) in [5.74, 6) is 0.464. The van der Waals surface area contributed by atoms with Gasteiger partial charge in [-0.05, 0) is 62.8 Å². The molecule has 0 aromatic heterocycles. The summed E-state index contributed by atoms with van der Waals surface area (Å²) in [7, 11) is 1.61. The van der Waals surface area contributed by atoms with Crippen molar-refractivity contribution in [3.05, 3.63) is 28.8 Å². The third-order valence-electron chi connectivity index (χ3n) is 3.97. The first kappa shape index (κ1) is 16.3. The molecule has 1 aliphatic rings. The molecule has 1 aromatic rings. The lowest BCUT2D eigenvalue weighted by molar-refractivity contribution is 0.0756. The molecule has 0 heterocycles. The average molecular weight is 330 g/mol. The predicted octanol–water partition coefficient (Wildman–Crippen LogP) is 3.10. The molecule has 21 heavy (non-hydrogen) atoms. The second-order valence-electron chi connectivity index (χ2n) is 5.64. The number of benzene rings is 1. The van der Waals surface area contributed by atoms with Gasteiger partial charge in [0.15, 0.2) is 0 Å². The molecule has 4 nitrogen and oxygen atoms in total. The van der Waals surface area contributed by atoms with E-state index in [1.54, 1.807) is 24.8 Å². The number of halogens is 1. The van der Waals surface area contributed by atoms with Crippen molar-refractivity contribution < 1.29 is 13.2 Å². The van der Waals surface area contributed by atoms with Crippen molar-refractivity contribution in [2.75, 3.05) is 13.1 Å². The summed E-state index contributed by atoms with van der Waals surface area (Å²) >= 11 is 0. The molecule has 1 fully saturated rings. The Kier molecular flexibility index (Phi) is 4.63. The minimum atomic E-state index is -3.85. The lowest BCUT2D eigenvalue weighted by Crippen LogP contribution is -2.32. The summed E-state index contributed by atoms with van der Waals surface area (Å²) in [6, 6.07) is 3.13. The largest absolute Gasteiger partial charge is 0.339 e. The van der Waals surface area contributed by atoms with Crippen LogP contribution in [0.2, 0.25) is 0 Å². The second-order valence-corrected chi connectivity index (χ2v) is 8.18. The Labute approximate surface area is 130 Å². The third-order valence-corrected chi connectivity index (χ3v) is 5.42. The first-order valence-corrected chi connectivity index (χ1v) is 9.40. The van der Waals surface area contributed by atoms with Crippen LogP contribution < -0.4 is 0 Å². The van der Waals surface area contributed by atoms with Crippen LogP contribution in [0.3, 0.4) is 0 Å². The highest BCUT2D eigenvalue weighted by Crippen LogP contribution is 2.30. The molecule has 0 saturated heterocycles. The van der Waals surface area contributed by atoms with Gasteiger partial charge >= 0.3 is 0 Å². The van der Waals surface area contributed by atoms with Crippen LogP contribution in [-0.4, -0.2) is 32.3 Å². The fourth-order valence-electron chi connectivity index (χ4n) is 2.35. The Morgan fingerprint density at radius 3 is 2.43 bits per heavy atom. The van der Waals surface area contributed by atoms with Gasteiger partial charge in [0, 0.05) is 29.3 Å². The number of aryl methyl sites for hydroxylation is 1. The molecular weight excluding hydrogens is 310 g/mol. The van der Waals surface area contributed by atoms with Crippen molar-refractivity contribution in [2.45, 2.75) is 38.5 Å². The van der Waals surface area contributed by atoms with Gasteiger partial charge in [0.05, 0.1) is 4.90 Å². The van der Waals surface area contributed by atoms with Crippen LogP contribution in [0, 0.1) is 19.8 Å². The maximum Gasteiger partial charge on any atom is 0.261 e. The molecule has 1 amide bonds. The standard InChI is InChI=1S/C15H20ClNO3S/c1-4-17(9-12-5-6-12)15(18)13-7-10(2)11(3)14(8-13)21(16,19)20/h7-8,12H,4-6,9H2,1-3H3. The Morgan fingerprint density at radius 1 is 1.33 bits per heavy atom. The SMILES string of the molecule is CCN(CC1CC1)C(=O)c1cc(C)c(C)c(S(=O)(=O)Cl)c1. The maximum absolute atomic E-state index is 12.6.